The van der Waals surface area contributed by atoms with Gasteiger partial charge in [-0.15, -0.1) is 5.10 Å². The Morgan fingerprint density at radius 2 is 1.26 bits per heavy atom. The molecule has 0 bridgehead atoms. The van der Waals surface area contributed by atoms with Crippen LogP contribution in [0.2, 0.25) is 10.0 Å². The Balaban J connectivity index is 1.45. The number of imidazole rings is 1. The monoisotopic (exact) mass is 596 g/mol. The van der Waals surface area contributed by atoms with Crippen LogP contribution in [0.5, 0.6) is 11.5 Å². The summed E-state index contributed by atoms with van der Waals surface area (Å²) in [6, 6.07) is 10.8. The van der Waals surface area contributed by atoms with Gasteiger partial charge in [-0.2, -0.15) is 9.04 Å². The fourth-order valence-electron chi connectivity index (χ4n) is 4.62. The largest absolute Gasteiger partial charge is 0.494 e. The molecule has 3 aromatic rings. The number of nitrogens with zero attached hydrogens (tertiary/aromatic N) is 3. The van der Waals surface area contributed by atoms with Gasteiger partial charge < -0.3 is 18.1 Å². The van der Waals surface area contributed by atoms with Crippen LogP contribution in [-0.4, -0.2) is 19.9 Å². The first kappa shape index (κ1) is 31.4. The zero-order chi connectivity index (χ0) is 28.0. The van der Waals surface area contributed by atoms with E-state index < -0.39 is 11.3 Å². The van der Waals surface area contributed by atoms with E-state index in [-0.39, 0.29) is 0 Å². The lowest BCUT2D eigenvalue weighted by atomic mass is 10.1. The van der Waals surface area contributed by atoms with Crippen molar-refractivity contribution in [2.45, 2.75) is 98.1 Å². The topological polar surface area (TPSA) is 69.8 Å². The maximum Gasteiger partial charge on any atom is 0.332 e. The number of fused-ring (bicyclic) bond motifs is 1. The molecule has 0 saturated heterocycles. The van der Waals surface area contributed by atoms with E-state index in [2.05, 4.69) is 16.9 Å². The van der Waals surface area contributed by atoms with Gasteiger partial charge in [0.15, 0.2) is 0 Å². The van der Waals surface area contributed by atoms with Gasteiger partial charge in [-0.1, -0.05) is 87.9 Å². The molecule has 0 aliphatic carbocycles. The minimum Gasteiger partial charge on any atom is -0.494 e. The molecule has 0 amide bonds. The minimum atomic E-state index is -1.88. The summed E-state index contributed by atoms with van der Waals surface area (Å²) in [5.74, 6) is 1.23. The number of halogens is 2. The van der Waals surface area contributed by atoms with Crippen molar-refractivity contribution in [2.75, 3.05) is 6.61 Å². The summed E-state index contributed by atoms with van der Waals surface area (Å²) in [4.78, 5) is 2.61. The second-order valence-corrected chi connectivity index (χ2v) is 11.2. The summed E-state index contributed by atoms with van der Waals surface area (Å²) in [5.41, 5.74) is 2.39. The summed E-state index contributed by atoms with van der Waals surface area (Å²) >= 11 is 10.6. The van der Waals surface area contributed by atoms with Gasteiger partial charge in [0.1, 0.15) is 11.5 Å². The number of aromatic nitrogens is 2. The first-order valence-electron chi connectivity index (χ1n) is 14.2. The summed E-state index contributed by atoms with van der Waals surface area (Å²) in [6.07, 6.45) is 13.0. The van der Waals surface area contributed by atoms with Crippen molar-refractivity contribution in [3.05, 3.63) is 52.1 Å². The molecule has 0 fully saturated rings. The second kappa shape index (κ2) is 16.8. The highest BCUT2D eigenvalue weighted by molar-refractivity contribution is 7.78. The molecule has 10 heteroatoms. The van der Waals surface area contributed by atoms with E-state index in [0.29, 0.717) is 41.1 Å². The second-order valence-electron chi connectivity index (χ2n) is 9.57. The van der Waals surface area contributed by atoms with Gasteiger partial charge in [-0.25, -0.2) is 0 Å². The number of rotatable bonds is 18. The zero-order valence-electron chi connectivity index (χ0n) is 23.4. The van der Waals surface area contributed by atoms with Gasteiger partial charge in [0.05, 0.1) is 27.7 Å². The van der Waals surface area contributed by atoms with Crippen LogP contribution in [-0.2, 0) is 24.4 Å². The highest BCUT2D eigenvalue weighted by Gasteiger charge is 2.13. The lowest BCUT2D eigenvalue weighted by molar-refractivity contribution is 0.304. The number of aryl methyl sites for hydroxylation is 2. The normalized spacial score (nSPS) is 12.0. The molecule has 3 rings (SSSR count). The van der Waals surface area contributed by atoms with Crippen LogP contribution in [0.4, 0.5) is 0 Å². The summed E-state index contributed by atoms with van der Waals surface area (Å²) in [5, 5.41) is 5.34. The highest BCUT2D eigenvalue weighted by atomic mass is 35.5. The van der Waals surface area contributed by atoms with Crippen LogP contribution in [0.15, 0.2) is 41.5 Å². The highest BCUT2D eigenvalue weighted by Crippen LogP contribution is 2.27. The molecule has 39 heavy (non-hydrogen) atoms. The Kier molecular flexibility index (Phi) is 13.5. The fourth-order valence-corrected chi connectivity index (χ4v) is 5.41. The van der Waals surface area contributed by atoms with Crippen molar-refractivity contribution in [3.63, 3.8) is 0 Å². The number of unbranched alkanes of at least 4 members (excludes halogenated alkanes) is 9. The molecule has 2 aromatic carbocycles. The Morgan fingerprint density at radius 1 is 0.769 bits per heavy atom. The van der Waals surface area contributed by atoms with E-state index in [4.69, 9.17) is 32.1 Å². The fraction of sp³-hybridized carbons (Fsp3) is 0.552. The Bertz CT molecular complexity index is 1210. The molecule has 1 aromatic heterocycles. The molecule has 1 atom stereocenters. The molecule has 1 heterocycles. The zero-order valence-corrected chi connectivity index (χ0v) is 25.7. The molecular weight excluding hydrogens is 555 g/mol. The molecular formula is C29H42Cl2N4O3S. The van der Waals surface area contributed by atoms with Gasteiger partial charge in [-0.05, 0) is 56.7 Å². The number of hydrogen-bond acceptors (Lipinski definition) is 4. The maximum atomic E-state index is 12.6. The van der Waals surface area contributed by atoms with E-state index in [1.54, 1.807) is 12.1 Å². The first-order chi connectivity index (χ1) is 19.0. The molecule has 0 saturated carbocycles. The molecule has 0 spiro atoms. The molecule has 0 radical (unpaired) electrons. The van der Waals surface area contributed by atoms with Gasteiger partial charge in [-0.3, -0.25) is 0 Å². The Morgan fingerprint density at radius 3 is 1.77 bits per heavy atom. The standard InChI is InChI=1S/C29H42Cl2N4O3S/c1-4-7-8-9-10-11-12-13-14-15-20-37-23-16-18-24(19-17-23)38-39(36)33-32-29-34(5-2)27-21-25(30)26(31)22-28(27)35(29)6-3/h16-19,21-22,33H,4-15,20H2,1-3H3. The van der Waals surface area contributed by atoms with Crippen molar-refractivity contribution >= 4 is 45.5 Å². The molecule has 1 unspecified atom stereocenters. The van der Waals surface area contributed by atoms with Crippen LogP contribution in [0.1, 0.15) is 85.0 Å². The average Bonchev–Trinajstić information content (AvgIpc) is 3.22. The maximum absolute atomic E-state index is 12.6. The average molecular weight is 598 g/mol. The van der Waals surface area contributed by atoms with E-state index in [1.807, 2.05) is 47.2 Å². The van der Waals surface area contributed by atoms with Crippen molar-refractivity contribution < 1.29 is 13.1 Å². The van der Waals surface area contributed by atoms with Gasteiger partial charge >= 0.3 is 11.3 Å². The van der Waals surface area contributed by atoms with Gasteiger partial charge in [0, 0.05) is 13.1 Å². The first-order valence-corrected chi connectivity index (χ1v) is 16.0. The molecule has 1 N–H and O–H groups in total. The van der Waals surface area contributed by atoms with Crippen molar-refractivity contribution in [1.29, 1.82) is 0 Å². The van der Waals surface area contributed by atoms with Gasteiger partial charge in [0.2, 0.25) is 5.62 Å². The lowest BCUT2D eigenvalue weighted by Crippen LogP contribution is -2.30. The third kappa shape index (κ3) is 9.47. The Labute approximate surface area is 245 Å². The van der Waals surface area contributed by atoms with E-state index >= 15 is 0 Å². The quantitative estimate of drug-likeness (QED) is 0.119. The van der Waals surface area contributed by atoms with Crippen LogP contribution in [0, 0.1) is 0 Å². The molecule has 216 valence electrons. The van der Waals surface area contributed by atoms with Crippen molar-refractivity contribution in [3.8, 4) is 11.5 Å². The lowest BCUT2D eigenvalue weighted by Gasteiger charge is -2.08. The van der Waals surface area contributed by atoms with E-state index in [0.717, 1.165) is 23.2 Å². The molecule has 0 aliphatic heterocycles. The van der Waals surface area contributed by atoms with E-state index in [9.17, 15) is 4.21 Å². The Hall–Kier alpha value is -2.16. The van der Waals surface area contributed by atoms with Crippen LogP contribution >= 0.6 is 23.2 Å². The van der Waals surface area contributed by atoms with Crippen molar-refractivity contribution in [1.82, 2.24) is 14.0 Å². The summed E-state index contributed by atoms with van der Waals surface area (Å²) in [7, 11) is 0. The minimum absolute atomic E-state index is 0.459. The third-order valence-electron chi connectivity index (χ3n) is 6.70. The number of nitrogens with one attached hydrogen (secondary N) is 1. The smallest absolute Gasteiger partial charge is 0.332 e. The van der Waals surface area contributed by atoms with Gasteiger partial charge in [0.25, 0.3) is 0 Å². The predicted molar refractivity (Wildman–Crippen MR) is 163 cm³/mol. The van der Waals surface area contributed by atoms with Crippen LogP contribution in [0.25, 0.3) is 11.0 Å². The predicted octanol–water partition coefficient (Wildman–Crippen LogP) is 8.15. The summed E-state index contributed by atoms with van der Waals surface area (Å²) in [6.45, 7) is 8.27. The van der Waals surface area contributed by atoms with Crippen molar-refractivity contribution in [2.24, 2.45) is 5.10 Å². The van der Waals surface area contributed by atoms with Crippen LogP contribution in [0.3, 0.4) is 0 Å². The number of benzene rings is 2. The number of hydrogen-bond donors (Lipinski definition) is 1. The number of ether oxygens (including phenoxy) is 1. The third-order valence-corrected chi connectivity index (χ3v) is 8.00. The van der Waals surface area contributed by atoms with Crippen LogP contribution < -0.4 is 19.4 Å². The molecule has 7 nitrogen and oxygen atoms in total. The van der Waals surface area contributed by atoms with E-state index in [1.165, 1.54) is 57.8 Å². The molecule has 0 aliphatic rings. The SMILES string of the molecule is CCCCCCCCCCCCOc1ccc(OS(=O)NN=c2n(CC)c3cc(Cl)c(Cl)cc3n2CC)cc1. The summed E-state index contributed by atoms with van der Waals surface area (Å²) < 4.78 is 27.9.